The third kappa shape index (κ3) is 2.99. The molecule has 5 nitrogen and oxygen atoms in total. The number of hydrogen-bond donors (Lipinski definition) is 1. The van der Waals surface area contributed by atoms with Gasteiger partial charge in [0.05, 0.1) is 25.5 Å². The van der Waals surface area contributed by atoms with Crippen LogP contribution in [0, 0.1) is 0 Å². The Morgan fingerprint density at radius 1 is 0.900 bits per heavy atom. The smallest absolute Gasteiger partial charge is 0.337 e. The maximum Gasteiger partial charge on any atom is 0.337 e. The molecule has 5 heteroatoms. The average molecular weight is 399 g/mol. The number of hydrogen-bond acceptors (Lipinski definition) is 5. The summed E-state index contributed by atoms with van der Waals surface area (Å²) < 4.78 is 16.3. The van der Waals surface area contributed by atoms with Crippen LogP contribution in [0.4, 0.5) is 5.69 Å². The third-order valence-corrected chi connectivity index (χ3v) is 5.65. The summed E-state index contributed by atoms with van der Waals surface area (Å²) in [6.07, 6.45) is 0. The number of nitrogens with one attached hydrogen (secondary N) is 1. The Hall–Kier alpha value is -3.73. The van der Waals surface area contributed by atoms with Crippen LogP contribution in [0.1, 0.15) is 17.0 Å². The predicted molar refractivity (Wildman–Crippen MR) is 115 cm³/mol. The van der Waals surface area contributed by atoms with Gasteiger partial charge < -0.3 is 19.5 Å². The second-order valence-corrected chi connectivity index (χ2v) is 7.34. The molecule has 0 spiro atoms. The van der Waals surface area contributed by atoms with Gasteiger partial charge in [-0.3, -0.25) is 0 Å². The van der Waals surface area contributed by atoms with Crippen molar-refractivity contribution in [2.45, 2.75) is 5.92 Å². The molecule has 3 aromatic carbocycles. The average Bonchev–Trinajstić information content (AvgIpc) is 3.17. The van der Waals surface area contributed by atoms with Crippen molar-refractivity contribution in [1.29, 1.82) is 0 Å². The van der Waals surface area contributed by atoms with Crippen LogP contribution in [0.5, 0.6) is 11.5 Å². The van der Waals surface area contributed by atoms with E-state index in [1.807, 2.05) is 36.4 Å². The highest BCUT2D eigenvalue weighted by atomic mass is 16.5. The second kappa shape index (κ2) is 7.26. The molecule has 0 bridgehead atoms. The lowest BCUT2D eigenvalue weighted by atomic mass is 9.80. The quantitative estimate of drug-likeness (QED) is 0.643. The molecular weight excluding hydrogens is 378 g/mol. The van der Waals surface area contributed by atoms with Gasteiger partial charge in [-0.25, -0.2) is 4.79 Å². The first-order chi connectivity index (χ1) is 14.7. The van der Waals surface area contributed by atoms with Gasteiger partial charge in [-0.1, -0.05) is 42.5 Å². The molecule has 0 aliphatic carbocycles. The number of methoxy groups -OCH3 is 2. The number of anilines is 1. The molecule has 1 N–H and O–H groups in total. The zero-order valence-corrected chi connectivity index (χ0v) is 16.8. The molecule has 0 radical (unpaired) electrons. The molecular formula is C25H21NO4. The van der Waals surface area contributed by atoms with Gasteiger partial charge in [0, 0.05) is 17.7 Å². The van der Waals surface area contributed by atoms with E-state index < -0.39 is 0 Å². The number of esters is 1. The molecule has 2 heterocycles. The topological polar surface area (TPSA) is 56.8 Å². The SMILES string of the molecule is COc1cc(OC)cc(C2C3=C(COC3=O)Nc3cc(-c4ccccc4)ccc32)c1. The molecule has 0 saturated heterocycles. The van der Waals surface area contributed by atoms with Crippen LogP contribution >= 0.6 is 0 Å². The van der Waals surface area contributed by atoms with E-state index in [4.69, 9.17) is 14.2 Å². The summed E-state index contributed by atoms with van der Waals surface area (Å²) in [5.74, 6) is 0.805. The van der Waals surface area contributed by atoms with Crippen molar-refractivity contribution < 1.29 is 19.0 Å². The van der Waals surface area contributed by atoms with Crippen LogP contribution in [0.25, 0.3) is 11.1 Å². The molecule has 2 aliphatic heterocycles. The van der Waals surface area contributed by atoms with Crippen molar-refractivity contribution in [2.24, 2.45) is 0 Å². The fourth-order valence-electron chi connectivity index (χ4n) is 4.20. The first kappa shape index (κ1) is 18.3. The zero-order valence-electron chi connectivity index (χ0n) is 16.8. The van der Waals surface area contributed by atoms with E-state index in [0.717, 1.165) is 33.6 Å². The summed E-state index contributed by atoms with van der Waals surface area (Å²) in [5.41, 5.74) is 6.61. The summed E-state index contributed by atoms with van der Waals surface area (Å²) in [4.78, 5) is 12.6. The van der Waals surface area contributed by atoms with E-state index in [1.54, 1.807) is 14.2 Å². The van der Waals surface area contributed by atoms with Gasteiger partial charge in [-0.2, -0.15) is 0 Å². The Morgan fingerprint density at radius 2 is 1.63 bits per heavy atom. The highest BCUT2D eigenvalue weighted by Crippen LogP contribution is 2.46. The molecule has 5 rings (SSSR count). The molecule has 2 aliphatic rings. The Balaban J connectivity index is 1.68. The highest BCUT2D eigenvalue weighted by molar-refractivity contribution is 5.97. The van der Waals surface area contributed by atoms with Crippen LogP contribution < -0.4 is 14.8 Å². The lowest BCUT2D eigenvalue weighted by Gasteiger charge is -2.28. The standard InChI is InChI=1S/C25H21NO4/c1-28-18-10-17(11-19(13-18)29-2)23-20-9-8-16(15-6-4-3-5-7-15)12-21(20)26-22-14-30-25(27)24(22)23/h3-13,23,26H,14H2,1-2H3. The minimum absolute atomic E-state index is 0.251. The number of rotatable bonds is 4. The lowest BCUT2D eigenvalue weighted by Crippen LogP contribution is -2.20. The monoisotopic (exact) mass is 399 g/mol. The van der Waals surface area contributed by atoms with E-state index in [2.05, 4.69) is 35.6 Å². The molecule has 0 fully saturated rings. The van der Waals surface area contributed by atoms with E-state index in [0.29, 0.717) is 17.1 Å². The number of carbonyl (C=O) groups is 1. The van der Waals surface area contributed by atoms with Crippen molar-refractivity contribution >= 4 is 11.7 Å². The van der Waals surface area contributed by atoms with Crippen LogP contribution in [0.3, 0.4) is 0 Å². The normalized spacial score (nSPS) is 17.0. The maximum absolute atomic E-state index is 12.6. The van der Waals surface area contributed by atoms with E-state index >= 15 is 0 Å². The lowest BCUT2D eigenvalue weighted by molar-refractivity contribution is -0.136. The number of benzene rings is 3. The van der Waals surface area contributed by atoms with E-state index in [9.17, 15) is 4.79 Å². The number of carbonyl (C=O) groups excluding carboxylic acids is 1. The number of cyclic esters (lactones) is 1. The number of ether oxygens (including phenoxy) is 3. The molecule has 0 saturated carbocycles. The van der Waals surface area contributed by atoms with Crippen molar-refractivity contribution in [3.05, 3.63) is 89.1 Å². The Bertz CT molecular complexity index is 1140. The highest BCUT2D eigenvalue weighted by Gasteiger charge is 2.38. The van der Waals surface area contributed by atoms with Gasteiger partial charge in [-0.15, -0.1) is 0 Å². The fourth-order valence-corrected chi connectivity index (χ4v) is 4.20. The van der Waals surface area contributed by atoms with Crippen molar-refractivity contribution in [2.75, 3.05) is 26.1 Å². The molecule has 0 amide bonds. The third-order valence-electron chi connectivity index (χ3n) is 5.65. The van der Waals surface area contributed by atoms with Crippen LogP contribution in [0.2, 0.25) is 0 Å². The second-order valence-electron chi connectivity index (χ2n) is 7.34. The van der Waals surface area contributed by atoms with Gasteiger partial charge >= 0.3 is 5.97 Å². The summed E-state index contributed by atoms with van der Waals surface area (Å²) in [6.45, 7) is 0.251. The van der Waals surface area contributed by atoms with Gasteiger partial charge in [0.25, 0.3) is 0 Å². The van der Waals surface area contributed by atoms with Crippen molar-refractivity contribution in [1.82, 2.24) is 0 Å². The van der Waals surface area contributed by atoms with Crippen molar-refractivity contribution in [3.63, 3.8) is 0 Å². The Labute approximate surface area is 174 Å². The Kier molecular flexibility index (Phi) is 4.43. The largest absolute Gasteiger partial charge is 0.497 e. The van der Waals surface area contributed by atoms with E-state index in [1.165, 1.54) is 0 Å². The minimum Gasteiger partial charge on any atom is -0.497 e. The zero-order chi connectivity index (χ0) is 20.7. The first-order valence-electron chi connectivity index (χ1n) is 9.77. The molecule has 1 unspecified atom stereocenters. The van der Waals surface area contributed by atoms with Crippen LogP contribution in [-0.2, 0) is 9.53 Å². The summed E-state index contributed by atoms with van der Waals surface area (Å²) in [5, 5.41) is 3.43. The number of fused-ring (bicyclic) bond motifs is 1. The predicted octanol–water partition coefficient (Wildman–Crippen LogP) is 4.74. The van der Waals surface area contributed by atoms with Crippen LogP contribution in [0.15, 0.2) is 78.0 Å². The fraction of sp³-hybridized carbons (Fsp3) is 0.160. The summed E-state index contributed by atoms with van der Waals surface area (Å²) in [7, 11) is 3.24. The summed E-state index contributed by atoms with van der Waals surface area (Å²) in [6, 6.07) is 22.2. The molecule has 150 valence electrons. The summed E-state index contributed by atoms with van der Waals surface area (Å²) >= 11 is 0. The Morgan fingerprint density at radius 3 is 2.33 bits per heavy atom. The first-order valence-corrected chi connectivity index (χ1v) is 9.77. The van der Waals surface area contributed by atoms with E-state index in [-0.39, 0.29) is 18.5 Å². The van der Waals surface area contributed by atoms with Crippen LogP contribution in [-0.4, -0.2) is 26.8 Å². The van der Waals surface area contributed by atoms with Gasteiger partial charge in [0.1, 0.15) is 18.1 Å². The minimum atomic E-state index is -0.290. The van der Waals surface area contributed by atoms with Gasteiger partial charge in [-0.05, 0) is 40.5 Å². The molecule has 1 atom stereocenters. The molecule has 3 aromatic rings. The van der Waals surface area contributed by atoms with Gasteiger partial charge in [0.2, 0.25) is 0 Å². The van der Waals surface area contributed by atoms with Gasteiger partial charge in [0.15, 0.2) is 0 Å². The maximum atomic E-state index is 12.6. The molecule has 0 aromatic heterocycles. The molecule has 30 heavy (non-hydrogen) atoms. The van der Waals surface area contributed by atoms with Crippen molar-refractivity contribution in [3.8, 4) is 22.6 Å².